The molecule has 7 heteroatoms. The van der Waals surface area contributed by atoms with Gasteiger partial charge in [-0.3, -0.25) is 0 Å². The Labute approximate surface area is 107 Å². The monoisotopic (exact) mass is 270 g/mol. The molecule has 0 saturated heterocycles. The third kappa shape index (κ3) is 2.48. The molecular weight excluding hydrogens is 263 g/mol. The standard InChI is InChI=1S/C11H8ClFN2O3/c1-2-17-11(16)10-15-14-9(18-10)7-5-6(12)3-4-8(7)13/h3-5H,2H2,1H3. The summed E-state index contributed by atoms with van der Waals surface area (Å²) in [5.41, 5.74) is 0.0329. The summed E-state index contributed by atoms with van der Waals surface area (Å²) < 4.78 is 23.2. The minimum absolute atomic E-state index is 0.0329. The van der Waals surface area contributed by atoms with Crippen molar-refractivity contribution in [3.05, 3.63) is 34.9 Å². The molecule has 2 rings (SSSR count). The molecule has 2 aromatic rings. The van der Waals surface area contributed by atoms with Crippen molar-refractivity contribution >= 4 is 17.6 Å². The van der Waals surface area contributed by atoms with Gasteiger partial charge in [-0.25, -0.2) is 9.18 Å². The summed E-state index contributed by atoms with van der Waals surface area (Å²) in [7, 11) is 0. The van der Waals surface area contributed by atoms with Crippen LogP contribution in [-0.4, -0.2) is 22.8 Å². The van der Waals surface area contributed by atoms with Crippen LogP contribution in [0, 0.1) is 5.82 Å². The van der Waals surface area contributed by atoms with E-state index in [9.17, 15) is 9.18 Å². The van der Waals surface area contributed by atoms with Crippen LogP contribution in [0.2, 0.25) is 5.02 Å². The number of aromatic nitrogens is 2. The molecule has 0 bridgehead atoms. The predicted octanol–water partition coefficient (Wildman–Crippen LogP) is 2.71. The van der Waals surface area contributed by atoms with Gasteiger partial charge in [0.25, 0.3) is 5.89 Å². The van der Waals surface area contributed by atoms with Gasteiger partial charge in [-0.1, -0.05) is 11.6 Å². The van der Waals surface area contributed by atoms with Gasteiger partial charge in [-0.2, -0.15) is 0 Å². The minimum Gasteiger partial charge on any atom is -0.459 e. The molecule has 5 nitrogen and oxygen atoms in total. The summed E-state index contributed by atoms with van der Waals surface area (Å²) in [6.07, 6.45) is 0. The van der Waals surface area contributed by atoms with Gasteiger partial charge in [0.15, 0.2) is 0 Å². The summed E-state index contributed by atoms with van der Waals surface area (Å²) in [5.74, 6) is -1.78. The van der Waals surface area contributed by atoms with E-state index in [0.29, 0.717) is 5.02 Å². The summed E-state index contributed by atoms with van der Waals surface area (Å²) in [4.78, 5) is 11.3. The van der Waals surface area contributed by atoms with Crippen molar-refractivity contribution in [1.29, 1.82) is 0 Å². The normalized spacial score (nSPS) is 10.4. The highest BCUT2D eigenvalue weighted by atomic mass is 35.5. The van der Waals surface area contributed by atoms with E-state index in [4.69, 9.17) is 16.0 Å². The van der Waals surface area contributed by atoms with Gasteiger partial charge in [0.1, 0.15) is 5.82 Å². The number of nitrogens with zero attached hydrogens (tertiary/aromatic N) is 2. The SMILES string of the molecule is CCOC(=O)c1nnc(-c2cc(Cl)ccc2F)o1. The zero-order chi connectivity index (χ0) is 13.1. The Hall–Kier alpha value is -1.95. The molecule has 0 unspecified atom stereocenters. The van der Waals surface area contributed by atoms with Gasteiger partial charge in [0, 0.05) is 5.02 Å². The van der Waals surface area contributed by atoms with Crippen molar-refractivity contribution in [3.8, 4) is 11.5 Å². The Kier molecular flexibility index (Phi) is 3.57. The highest BCUT2D eigenvalue weighted by Crippen LogP contribution is 2.24. The zero-order valence-electron chi connectivity index (χ0n) is 9.31. The predicted molar refractivity (Wildman–Crippen MR) is 60.7 cm³/mol. The number of ether oxygens (including phenoxy) is 1. The van der Waals surface area contributed by atoms with Gasteiger partial charge in [-0.05, 0) is 25.1 Å². The second kappa shape index (κ2) is 5.14. The fourth-order valence-electron chi connectivity index (χ4n) is 1.27. The fourth-order valence-corrected chi connectivity index (χ4v) is 1.44. The van der Waals surface area contributed by atoms with Crippen molar-refractivity contribution in [3.63, 3.8) is 0 Å². The van der Waals surface area contributed by atoms with E-state index in [2.05, 4.69) is 14.9 Å². The third-order valence-electron chi connectivity index (χ3n) is 2.03. The first-order chi connectivity index (χ1) is 8.61. The van der Waals surface area contributed by atoms with E-state index in [-0.39, 0.29) is 24.0 Å². The first-order valence-corrected chi connectivity index (χ1v) is 5.45. The van der Waals surface area contributed by atoms with Gasteiger partial charge in [-0.15, -0.1) is 10.2 Å². The maximum Gasteiger partial charge on any atom is 0.396 e. The van der Waals surface area contributed by atoms with Crippen molar-refractivity contribution in [2.75, 3.05) is 6.61 Å². The molecular formula is C11H8ClFN2O3. The Morgan fingerprint density at radius 1 is 1.50 bits per heavy atom. The average molecular weight is 271 g/mol. The number of carbonyl (C=O) groups is 1. The Bertz CT molecular complexity index is 585. The van der Waals surface area contributed by atoms with Crippen molar-refractivity contribution in [2.24, 2.45) is 0 Å². The van der Waals surface area contributed by atoms with Crippen LogP contribution in [0.3, 0.4) is 0 Å². The molecule has 0 fully saturated rings. The molecule has 0 aliphatic heterocycles. The van der Waals surface area contributed by atoms with Crippen LogP contribution < -0.4 is 0 Å². The molecule has 0 aliphatic rings. The highest BCUT2D eigenvalue weighted by molar-refractivity contribution is 6.30. The van der Waals surface area contributed by atoms with E-state index in [1.807, 2.05) is 0 Å². The number of benzene rings is 1. The summed E-state index contributed by atoms with van der Waals surface area (Å²) in [6, 6.07) is 3.90. The third-order valence-corrected chi connectivity index (χ3v) is 2.27. The van der Waals surface area contributed by atoms with E-state index in [1.54, 1.807) is 6.92 Å². The first kappa shape index (κ1) is 12.5. The molecule has 1 aromatic carbocycles. The van der Waals surface area contributed by atoms with Crippen molar-refractivity contribution in [1.82, 2.24) is 10.2 Å². The molecule has 0 radical (unpaired) electrons. The van der Waals surface area contributed by atoms with Crippen molar-refractivity contribution < 1.29 is 18.3 Å². The van der Waals surface area contributed by atoms with Crippen LogP contribution >= 0.6 is 11.6 Å². The molecule has 1 aromatic heterocycles. The number of halogens is 2. The molecule has 0 saturated carbocycles. The van der Waals surface area contributed by atoms with Gasteiger partial charge < -0.3 is 9.15 Å². The molecule has 0 aliphatic carbocycles. The Morgan fingerprint density at radius 3 is 3.00 bits per heavy atom. The number of carbonyl (C=O) groups excluding carboxylic acids is 1. The van der Waals surface area contributed by atoms with Gasteiger partial charge in [0.05, 0.1) is 12.2 Å². The van der Waals surface area contributed by atoms with E-state index >= 15 is 0 Å². The lowest BCUT2D eigenvalue weighted by Crippen LogP contribution is -2.04. The number of rotatable bonds is 3. The number of hydrogen-bond acceptors (Lipinski definition) is 5. The molecule has 0 N–H and O–H groups in total. The van der Waals surface area contributed by atoms with Gasteiger partial charge in [0.2, 0.25) is 0 Å². The smallest absolute Gasteiger partial charge is 0.396 e. The average Bonchev–Trinajstić information content (AvgIpc) is 2.82. The molecule has 1 heterocycles. The zero-order valence-corrected chi connectivity index (χ0v) is 10.1. The molecule has 94 valence electrons. The van der Waals surface area contributed by atoms with Crippen LogP contribution in [0.25, 0.3) is 11.5 Å². The van der Waals surface area contributed by atoms with Crippen LogP contribution in [0.4, 0.5) is 4.39 Å². The fraction of sp³-hybridized carbons (Fsp3) is 0.182. The number of esters is 1. The lowest BCUT2D eigenvalue weighted by atomic mass is 10.2. The summed E-state index contributed by atoms with van der Waals surface area (Å²) in [6.45, 7) is 1.83. The molecule has 18 heavy (non-hydrogen) atoms. The summed E-state index contributed by atoms with van der Waals surface area (Å²) in [5, 5.41) is 7.38. The Balaban J connectivity index is 2.35. The maximum atomic E-state index is 13.5. The van der Waals surface area contributed by atoms with E-state index in [0.717, 1.165) is 0 Å². The Morgan fingerprint density at radius 2 is 2.28 bits per heavy atom. The van der Waals surface area contributed by atoms with Gasteiger partial charge >= 0.3 is 11.9 Å². The lowest BCUT2D eigenvalue weighted by molar-refractivity contribution is 0.0481. The first-order valence-electron chi connectivity index (χ1n) is 5.08. The van der Waals surface area contributed by atoms with Crippen LogP contribution in [0.15, 0.2) is 22.6 Å². The second-order valence-electron chi connectivity index (χ2n) is 3.26. The molecule has 0 spiro atoms. The molecule has 0 amide bonds. The second-order valence-corrected chi connectivity index (χ2v) is 3.69. The van der Waals surface area contributed by atoms with Crippen LogP contribution in [0.1, 0.15) is 17.6 Å². The molecule has 0 atom stereocenters. The largest absolute Gasteiger partial charge is 0.459 e. The quantitative estimate of drug-likeness (QED) is 0.802. The minimum atomic E-state index is -0.751. The summed E-state index contributed by atoms with van der Waals surface area (Å²) >= 11 is 5.74. The maximum absolute atomic E-state index is 13.5. The van der Waals surface area contributed by atoms with E-state index < -0.39 is 11.8 Å². The van der Waals surface area contributed by atoms with Crippen LogP contribution in [-0.2, 0) is 4.74 Å². The van der Waals surface area contributed by atoms with Crippen LogP contribution in [0.5, 0.6) is 0 Å². The lowest BCUT2D eigenvalue weighted by Gasteiger charge is -1.98. The van der Waals surface area contributed by atoms with E-state index in [1.165, 1.54) is 18.2 Å². The topological polar surface area (TPSA) is 65.2 Å². The highest BCUT2D eigenvalue weighted by Gasteiger charge is 2.18. The van der Waals surface area contributed by atoms with Crippen molar-refractivity contribution in [2.45, 2.75) is 6.92 Å². The number of hydrogen-bond donors (Lipinski definition) is 0.